The molecule has 0 unspecified atom stereocenters. The van der Waals surface area contributed by atoms with Crippen molar-refractivity contribution in [3.05, 3.63) is 66.0 Å². The molecule has 0 saturated carbocycles. The molecule has 2 aromatic rings. The summed E-state index contributed by atoms with van der Waals surface area (Å²) in [6.07, 6.45) is 0.931. The van der Waals surface area contributed by atoms with Crippen molar-refractivity contribution in [2.24, 2.45) is 0 Å². The molecule has 0 radical (unpaired) electrons. The summed E-state index contributed by atoms with van der Waals surface area (Å²) in [4.78, 5) is 2.15. The molecule has 2 rings (SSSR count). The minimum atomic E-state index is -0.297. The molecule has 0 fully saturated rings. The molecule has 0 heterocycles. The Morgan fingerprint density at radius 2 is 1.77 bits per heavy atom. The summed E-state index contributed by atoms with van der Waals surface area (Å²) in [5.74, 6) is 0.237. The molecule has 22 heavy (non-hydrogen) atoms. The van der Waals surface area contributed by atoms with E-state index in [2.05, 4.69) is 17.0 Å². The predicted molar refractivity (Wildman–Crippen MR) is 85.6 cm³/mol. The summed E-state index contributed by atoms with van der Waals surface area (Å²) in [5.41, 5.74) is 1.27. The van der Waals surface area contributed by atoms with Gasteiger partial charge < -0.3 is 9.84 Å². The van der Waals surface area contributed by atoms with Crippen molar-refractivity contribution in [1.29, 1.82) is 0 Å². The van der Waals surface area contributed by atoms with E-state index in [1.807, 2.05) is 18.2 Å². The van der Waals surface area contributed by atoms with Crippen LogP contribution in [0.3, 0.4) is 0 Å². The van der Waals surface area contributed by atoms with Gasteiger partial charge in [-0.25, -0.2) is 4.39 Å². The second-order valence-corrected chi connectivity index (χ2v) is 5.11. The fraction of sp³-hybridized carbons (Fsp3) is 0.333. The van der Waals surface area contributed by atoms with Crippen molar-refractivity contribution < 1.29 is 14.2 Å². The smallest absolute Gasteiger partial charge is 0.126 e. The molecule has 4 heteroatoms. The molecular formula is C18H22FNO2. The topological polar surface area (TPSA) is 32.7 Å². The molecule has 0 amide bonds. The SMILES string of the molecule is OCCN(CCOc1cccc(F)c1)CCc1ccccc1. The van der Waals surface area contributed by atoms with Gasteiger partial charge in [0.1, 0.15) is 18.2 Å². The third-order valence-electron chi connectivity index (χ3n) is 3.45. The van der Waals surface area contributed by atoms with Gasteiger partial charge in [0.25, 0.3) is 0 Å². The number of hydrogen-bond acceptors (Lipinski definition) is 3. The van der Waals surface area contributed by atoms with Crippen molar-refractivity contribution in [1.82, 2.24) is 4.90 Å². The van der Waals surface area contributed by atoms with Crippen molar-refractivity contribution in [3.63, 3.8) is 0 Å². The first-order valence-electron chi connectivity index (χ1n) is 7.53. The van der Waals surface area contributed by atoms with E-state index in [9.17, 15) is 4.39 Å². The van der Waals surface area contributed by atoms with E-state index in [0.717, 1.165) is 13.0 Å². The zero-order valence-electron chi connectivity index (χ0n) is 12.6. The van der Waals surface area contributed by atoms with Gasteiger partial charge in [-0.05, 0) is 24.1 Å². The summed E-state index contributed by atoms with van der Waals surface area (Å²) >= 11 is 0. The number of nitrogens with zero attached hydrogens (tertiary/aromatic N) is 1. The third-order valence-corrected chi connectivity index (χ3v) is 3.45. The highest BCUT2D eigenvalue weighted by molar-refractivity contribution is 5.22. The maximum atomic E-state index is 13.1. The van der Waals surface area contributed by atoms with Crippen LogP contribution in [0.25, 0.3) is 0 Å². The Morgan fingerprint density at radius 3 is 2.50 bits per heavy atom. The molecule has 2 aromatic carbocycles. The minimum Gasteiger partial charge on any atom is -0.492 e. The second-order valence-electron chi connectivity index (χ2n) is 5.11. The van der Waals surface area contributed by atoms with Gasteiger partial charge in [-0.3, -0.25) is 4.90 Å². The Balaban J connectivity index is 1.76. The van der Waals surface area contributed by atoms with E-state index in [1.54, 1.807) is 12.1 Å². The second kappa shape index (κ2) is 9.18. The van der Waals surface area contributed by atoms with E-state index < -0.39 is 0 Å². The lowest BCUT2D eigenvalue weighted by Gasteiger charge is -2.21. The number of benzene rings is 2. The zero-order chi connectivity index (χ0) is 15.6. The molecule has 0 spiro atoms. The van der Waals surface area contributed by atoms with Crippen LogP contribution in [0, 0.1) is 5.82 Å². The molecule has 0 atom stereocenters. The molecule has 1 N–H and O–H groups in total. The van der Waals surface area contributed by atoms with Gasteiger partial charge in [0.2, 0.25) is 0 Å². The molecule has 0 bridgehead atoms. The lowest BCUT2D eigenvalue weighted by Crippen LogP contribution is -2.33. The molecule has 0 aliphatic rings. The Hall–Kier alpha value is -1.91. The van der Waals surface area contributed by atoms with Crippen LogP contribution in [0.15, 0.2) is 54.6 Å². The lowest BCUT2D eigenvalue weighted by molar-refractivity contribution is 0.169. The van der Waals surface area contributed by atoms with Gasteiger partial charge in [-0.1, -0.05) is 36.4 Å². The van der Waals surface area contributed by atoms with E-state index in [1.165, 1.54) is 17.7 Å². The molecule has 0 aromatic heterocycles. The van der Waals surface area contributed by atoms with Crippen LogP contribution < -0.4 is 4.74 Å². The highest BCUT2D eigenvalue weighted by atomic mass is 19.1. The fourth-order valence-electron chi connectivity index (χ4n) is 2.26. The van der Waals surface area contributed by atoms with Crippen molar-refractivity contribution in [3.8, 4) is 5.75 Å². The average molecular weight is 303 g/mol. The fourth-order valence-corrected chi connectivity index (χ4v) is 2.26. The van der Waals surface area contributed by atoms with Crippen LogP contribution in [0.1, 0.15) is 5.56 Å². The maximum Gasteiger partial charge on any atom is 0.126 e. The van der Waals surface area contributed by atoms with Crippen LogP contribution in [-0.4, -0.2) is 42.9 Å². The van der Waals surface area contributed by atoms with Crippen LogP contribution >= 0.6 is 0 Å². The Labute approximate surface area is 131 Å². The molecular weight excluding hydrogens is 281 g/mol. The molecule has 0 aliphatic carbocycles. The standard InChI is InChI=1S/C18H22FNO2/c19-17-7-4-8-18(15-17)22-14-12-20(11-13-21)10-9-16-5-2-1-3-6-16/h1-8,15,21H,9-14H2. The van der Waals surface area contributed by atoms with Gasteiger partial charge in [0.05, 0.1) is 6.61 Å². The number of rotatable bonds is 9. The normalized spacial score (nSPS) is 10.9. The lowest BCUT2D eigenvalue weighted by atomic mass is 10.1. The third kappa shape index (κ3) is 5.84. The molecule has 118 valence electrons. The average Bonchev–Trinajstić information content (AvgIpc) is 2.54. The van der Waals surface area contributed by atoms with Crippen LogP contribution in [-0.2, 0) is 6.42 Å². The van der Waals surface area contributed by atoms with Gasteiger partial charge >= 0.3 is 0 Å². The number of ether oxygens (including phenoxy) is 1. The highest BCUT2D eigenvalue weighted by Gasteiger charge is 2.05. The van der Waals surface area contributed by atoms with Crippen molar-refractivity contribution in [2.75, 3.05) is 32.8 Å². The summed E-state index contributed by atoms with van der Waals surface area (Å²) in [6.45, 7) is 2.76. The van der Waals surface area contributed by atoms with Gasteiger partial charge in [0.15, 0.2) is 0 Å². The molecule has 0 aliphatic heterocycles. The monoisotopic (exact) mass is 303 g/mol. The zero-order valence-corrected chi connectivity index (χ0v) is 12.6. The van der Waals surface area contributed by atoms with Crippen molar-refractivity contribution in [2.45, 2.75) is 6.42 Å². The first-order valence-corrected chi connectivity index (χ1v) is 7.53. The van der Waals surface area contributed by atoms with Crippen LogP contribution in [0.2, 0.25) is 0 Å². The largest absolute Gasteiger partial charge is 0.492 e. The summed E-state index contributed by atoms with van der Waals surface area (Å²) < 4.78 is 18.6. The number of halogens is 1. The van der Waals surface area contributed by atoms with Crippen molar-refractivity contribution >= 4 is 0 Å². The van der Waals surface area contributed by atoms with E-state index in [-0.39, 0.29) is 12.4 Å². The Kier molecular flexibility index (Phi) is 6.87. The molecule has 3 nitrogen and oxygen atoms in total. The Bertz CT molecular complexity index is 548. The quantitative estimate of drug-likeness (QED) is 0.773. The molecule has 0 saturated heterocycles. The minimum absolute atomic E-state index is 0.120. The van der Waals surface area contributed by atoms with E-state index in [0.29, 0.717) is 25.4 Å². The number of aliphatic hydroxyl groups is 1. The van der Waals surface area contributed by atoms with E-state index >= 15 is 0 Å². The first-order chi connectivity index (χ1) is 10.8. The summed E-state index contributed by atoms with van der Waals surface area (Å²) in [6, 6.07) is 16.4. The maximum absolute atomic E-state index is 13.1. The van der Waals surface area contributed by atoms with Gasteiger partial charge in [0, 0.05) is 25.7 Å². The Morgan fingerprint density at radius 1 is 0.955 bits per heavy atom. The van der Waals surface area contributed by atoms with E-state index in [4.69, 9.17) is 9.84 Å². The predicted octanol–water partition coefficient (Wildman–Crippen LogP) is 2.74. The summed E-state index contributed by atoms with van der Waals surface area (Å²) in [7, 11) is 0. The van der Waals surface area contributed by atoms with Gasteiger partial charge in [-0.2, -0.15) is 0 Å². The van der Waals surface area contributed by atoms with Gasteiger partial charge in [-0.15, -0.1) is 0 Å². The number of hydrogen-bond donors (Lipinski definition) is 1. The van der Waals surface area contributed by atoms with Crippen LogP contribution in [0.5, 0.6) is 5.75 Å². The van der Waals surface area contributed by atoms with Crippen LogP contribution in [0.4, 0.5) is 4.39 Å². The summed E-state index contributed by atoms with van der Waals surface area (Å²) in [5, 5.41) is 9.15. The first kappa shape index (κ1) is 16.5. The number of aliphatic hydroxyl groups excluding tert-OH is 1. The highest BCUT2D eigenvalue weighted by Crippen LogP contribution is 2.11.